The summed E-state index contributed by atoms with van der Waals surface area (Å²) < 4.78 is 0. The van der Waals surface area contributed by atoms with Crippen LogP contribution < -0.4 is 10.2 Å². The summed E-state index contributed by atoms with van der Waals surface area (Å²) in [6.45, 7) is 2.45. The highest BCUT2D eigenvalue weighted by Crippen LogP contribution is 2.22. The number of fused-ring (bicyclic) bond motifs is 1. The zero-order valence-electron chi connectivity index (χ0n) is 15.7. The van der Waals surface area contributed by atoms with Gasteiger partial charge in [-0.3, -0.25) is 19.3 Å². The normalized spacial score (nSPS) is 15.9. The van der Waals surface area contributed by atoms with E-state index in [0.717, 1.165) is 23.6 Å². The highest BCUT2D eigenvalue weighted by molar-refractivity contribution is 6.22. The molecule has 1 saturated heterocycles. The number of hydrogen-bond donors (Lipinski definition) is 1. The van der Waals surface area contributed by atoms with Gasteiger partial charge in [-0.1, -0.05) is 24.3 Å². The number of rotatable bonds is 6. The Morgan fingerprint density at radius 1 is 0.893 bits per heavy atom. The van der Waals surface area contributed by atoms with Gasteiger partial charge in [-0.05, 0) is 49.1 Å². The third kappa shape index (κ3) is 3.63. The number of anilines is 1. The summed E-state index contributed by atoms with van der Waals surface area (Å²) >= 11 is 0. The molecule has 2 aromatic carbocycles. The lowest BCUT2D eigenvalue weighted by Crippen LogP contribution is -2.40. The van der Waals surface area contributed by atoms with E-state index in [0.29, 0.717) is 24.1 Å². The molecule has 0 spiro atoms. The second kappa shape index (κ2) is 7.84. The van der Waals surface area contributed by atoms with Crippen molar-refractivity contribution in [2.24, 2.45) is 0 Å². The van der Waals surface area contributed by atoms with E-state index in [2.05, 4.69) is 34.5 Å². The summed E-state index contributed by atoms with van der Waals surface area (Å²) in [7, 11) is 0. The van der Waals surface area contributed by atoms with Crippen molar-refractivity contribution in [2.45, 2.75) is 19.3 Å². The largest absolute Gasteiger partial charge is 0.372 e. The molecule has 144 valence electrons. The van der Waals surface area contributed by atoms with Crippen molar-refractivity contribution in [3.05, 3.63) is 65.2 Å². The minimum atomic E-state index is -0.409. The smallest absolute Gasteiger partial charge is 0.262 e. The van der Waals surface area contributed by atoms with Crippen LogP contribution in [0.1, 0.15) is 39.1 Å². The van der Waals surface area contributed by atoms with Gasteiger partial charge in [-0.2, -0.15) is 0 Å². The highest BCUT2D eigenvalue weighted by Gasteiger charge is 2.36. The first-order valence-electron chi connectivity index (χ1n) is 9.69. The number of carbonyl (C=O) groups excluding carboxylic acids is 3. The third-order valence-electron chi connectivity index (χ3n) is 5.32. The quantitative estimate of drug-likeness (QED) is 0.784. The van der Waals surface area contributed by atoms with Crippen LogP contribution >= 0.6 is 0 Å². The van der Waals surface area contributed by atoms with Crippen LogP contribution in [0.15, 0.2) is 48.5 Å². The minimum absolute atomic E-state index is 0.250. The molecule has 1 fully saturated rings. The summed E-state index contributed by atoms with van der Waals surface area (Å²) in [6, 6.07) is 15.1. The molecule has 0 unspecified atom stereocenters. The average Bonchev–Trinajstić information content (AvgIpc) is 3.33. The number of carbonyl (C=O) groups is 3. The Bertz CT molecular complexity index is 866. The van der Waals surface area contributed by atoms with Crippen LogP contribution in [0.4, 0.5) is 5.69 Å². The number of amides is 3. The molecule has 1 N–H and O–H groups in total. The molecule has 0 radical (unpaired) electrons. The summed E-state index contributed by atoms with van der Waals surface area (Å²) in [5.74, 6) is -1.15. The van der Waals surface area contributed by atoms with E-state index in [1.807, 2.05) is 0 Å². The van der Waals surface area contributed by atoms with Crippen LogP contribution in [0.5, 0.6) is 0 Å². The fourth-order valence-electron chi connectivity index (χ4n) is 3.78. The number of benzene rings is 2. The maximum atomic E-state index is 12.3. The van der Waals surface area contributed by atoms with Gasteiger partial charge in [0.1, 0.15) is 6.54 Å². The second-order valence-electron chi connectivity index (χ2n) is 7.20. The van der Waals surface area contributed by atoms with E-state index < -0.39 is 11.8 Å². The predicted molar refractivity (Wildman–Crippen MR) is 106 cm³/mol. The SMILES string of the molecule is O=C(CN1C(=O)c2ccccc2C1=O)NCCc1ccc(N2CCCC2)cc1. The van der Waals surface area contributed by atoms with Gasteiger partial charge in [0, 0.05) is 25.3 Å². The van der Waals surface area contributed by atoms with Crippen molar-refractivity contribution in [3.8, 4) is 0 Å². The van der Waals surface area contributed by atoms with Crippen LogP contribution in [-0.2, 0) is 11.2 Å². The summed E-state index contributed by atoms with van der Waals surface area (Å²) in [4.78, 5) is 40.2. The Morgan fingerprint density at radius 2 is 1.50 bits per heavy atom. The van der Waals surface area contributed by atoms with Crippen LogP contribution in [0.2, 0.25) is 0 Å². The first-order valence-corrected chi connectivity index (χ1v) is 9.69. The number of nitrogens with one attached hydrogen (secondary N) is 1. The van der Waals surface area contributed by atoms with Gasteiger partial charge in [0.05, 0.1) is 11.1 Å². The standard InChI is InChI=1S/C22H23N3O3/c26-20(15-25-21(27)18-5-1-2-6-19(18)22(25)28)23-12-11-16-7-9-17(10-8-16)24-13-3-4-14-24/h1-2,5-10H,3-4,11-15H2,(H,23,26). The van der Waals surface area contributed by atoms with Crippen molar-refractivity contribution in [2.75, 3.05) is 31.1 Å². The third-order valence-corrected chi connectivity index (χ3v) is 5.32. The van der Waals surface area contributed by atoms with E-state index in [1.165, 1.54) is 18.5 Å². The first kappa shape index (κ1) is 18.2. The lowest BCUT2D eigenvalue weighted by Gasteiger charge is -2.17. The molecule has 3 amide bonds. The topological polar surface area (TPSA) is 69.7 Å². The molecule has 2 heterocycles. The van der Waals surface area contributed by atoms with Crippen LogP contribution in [0.25, 0.3) is 0 Å². The van der Waals surface area contributed by atoms with Gasteiger partial charge >= 0.3 is 0 Å². The maximum Gasteiger partial charge on any atom is 0.262 e. The summed E-state index contributed by atoms with van der Waals surface area (Å²) in [5, 5.41) is 2.80. The molecule has 0 atom stereocenters. The van der Waals surface area contributed by atoms with Crippen molar-refractivity contribution in [3.63, 3.8) is 0 Å². The number of nitrogens with zero attached hydrogens (tertiary/aromatic N) is 2. The Balaban J connectivity index is 1.26. The van der Waals surface area contributed by atoms with Crippen LogP contribution in [-0.4, -0.2) is 48.8 Å². The van der Waals surface area contributed by atoms with Gasteiger partial charge < -0.3 is 10.2 Å². The van der Waals surface area contributed by atoms with E-state index in [9.17, 15) is 14.4 Å². The minimum Gasteiger partial charge on any atom is -0.372 e. The number of hydrogen-bond acceptors (Lipinski definition) is 4. The summed E-state index contributed by atoms with van der Waals surface area (Å²) in [6.07, 6.45) is 3.20. The molecule has 2 aromatic rings. The monoisotopic (exact) mass is 377 g/mol. The van der Waals surface area contributed by atoms with Crippen molar-refractivity contribution in [1.82, 2.24) is 10.2 Å². The Morgan fingerprint density at radius 3 is 2.11 bits per heavy atom. The summed E-state index contributed by atoms with van der Waals surface area (Å²) in [5.41, 5.74) is 3.11. The van der Waals surface area contributed by atoms with E-state index in [4.69, 9.17) is 0 Å². The zero-order valence-corrected chi connectivity index (χ0v) is 15.7. The fraction of sp³-hybridized carbons (Fsp3) is 0.318. The van der Waals surface area contributed by atoms with E-state index in [1.54, 1.807) is 24.3 Å². The Labute approximate surface area is 164 Å². The van der Waals surface area contributed by atoms with Crippen molar-refractivity contribution in [1.29, 1.82) is 0 Å². The van der Waals surface area contributed by atoms with Gasteiger partial charge in [-0.25, -0.2) is 0 Å². The predicted octanol–water partition coefficient (Wildman–Crippen LogP) is 2.24. The number of imide groups is 1. The molecular formula is C22H23N3O3. The lowest BCUT2D eigenvalue weighted by atomic mass is 10.1. The first-order chi connectivity index (χ1) is 13.6. The highest BCUT2D eigenvalue weighted by atomic mass is 16.2. The molecule has 28 heavy (non-hydrogen) atoms. The maximum absolute atomic E-state index is 12.3. The van der Waals surface area contributed by atoms with Gasteiger partial charge in [-0.15, -0.1) is 0 Å². The molecule has 0 saturated carbocycles. The Kier molecular flexibility index (Phi) is 5.10. The molecule has 6 heteroatoms. The zero-order chi connectivity index (χ0) is 19.5. The molecule has 6 nitrogen and oxygen atoms in total. The van der Waals surface area contributed by atoms with Crippen LogP contribution in [0, 0.1) is 0 Å². The van der Waals surface area contributed by atoms with Crippen molar-refractivity contribution < 1.29 is 14.4 Å². The van der Waals surface area contributed by atoms with Gasteiger partial charge in [0.2, 0.25) is 5.91 Å². The Hall–Kier alpha value is -3.15. The van der Waals surface area contributed by atoms with E-state index in [-0.39, 0.29) is 12.5 Å². The molecule has 0 bridgehead atoms. The molecule has 0 aromatic heterocycles. The fourth-order valence-corrected chi connectivity index (χ4v) is 3.78. The molecular weight excluding hydrogens is 354 g/mol. The molecule has 2 aliphatic heterocycles. The average molecular weight is 377 g/mol. The van der Waals surface area contributed by atoms with Gasteiger partial charge in [0.25, 0.3) is 11.8 Å². The van der Waals surface area contributed by atoms with Gasteiger partial charge in [0.15, 0.2) is 0 Å². The second-order valence-corrected chi connectivity index (χ2v) is 7.20. The van der Waals surface area contributed by atoms with E-state index >= 15 is 0 Å². The molecule has 2 aliphatic rings. The molecule has 0 aliphatic carbocycles. The van der Waals surface area contributed by atoms with Crippen LogP contribution in [0.3, 0.4) is 0 Å². The molecule has 4 rings (SSSR count). The van der Waals surface area contributed by atoms with Crippen molar-refractivity contribution >= 4 is 23.4 Å². The lowest BCUT2D eigenvalue weighted by molar-refractivity contribution is -0.121.